The van der Waals surface area contributed by atoms with Crippen LogP contribution in [0.5, 0.6) is 0 Å². The molecule has 0 spiro atoms. The molecule has 6 N–H and O–H groups in total. The molecule has 6 nitrogen and oxygen atoms in total. The van der Waals surface area contributed by atoms with E-state index < -0.39 is 12.0 Å². The first-order chi connectivity index (χ1) is 7.54. The fraction of sp³-hybridized carbons (Fsp3) is 0.200. The molecular weight excluding hydrogens is 210 g/mol. The second-order valence-corrected chi connectivity index (χ2v) is 3.33. The van der Waals surface area contributed by atoms with Crippen molar-refractivity contribution < 1.29 is 15.1 Å². The van der Waals surface area contributed by atoms with Crippen LogP contribution in [0.2, 0.25) is 0 Å². The number of carboxylic acids is 1. The van der Waals surface area contributed by atoms with Crippen LogP contribution in [0.25, 0.3) is 0 Å². The predicted octanol–water partition coefficient (Wildman–Crippen LogP) is -0.264. The van der Waals surface area contributed by atoms with E-state index >= 15 is 0 Å². The van der Waals surface area contributed by atoms with Crippen LogP contribution in [0.4, 0.5) is 0 Å². The number of amidine groups is 1. The lowest BCUT2D eigenvalue weighted by molar-refractivity contribution is -0.138. The van der Waals surface area contributed by atoms with Gasteiger partial charge in [-0.25, -0.2) is 0 Å². The van der Waals surface area contributed by atoms with Gasteiger partial charge in [-0.3, -0.25) is 4.79 Å². The Kier molecular flexibility index (Phi) is 3.84. The Morgan fingerprint density at radius 1 is 1.38 bits per heavy atom. The molecule has 0 bridgehead atoms. The van der Waals surface area contributed by atoms with E-state index in [4.69, 9.17) is 21.8 Å². The van der Waals surface area contributed by atoms with Crippen LogP contribution in [0.1, 0.15) is 11.1 Å². The summed E-state index contributed by atoms with van der Waals surface area (Å²) in [5.41, 5.74) is 12.1. The number of nitrogens with two attached hydrogens (primary N) is 2. The van der Waals surface area contributed by atoms with Crippen molar-refractivity contribution in [3.05, 3.63) is 35.4 Å². The maximum atomic E-state index is 10.5. The van der Waals surface area contributed by atoms with Crippen molar-refractivity contribution in [2.45, 2.75) is 12.5 Å². The van der Waals surface area contributed by atoms with Crippen LogP contribution >= 0.6 is 0 Å². The van der Waals surface area contributed by atoms with Gasteiger partial charge in [0.25, 0.3) is 0 Å². The number of oxime groups is 1. The average molecular weight is 223 g/mol. The predicted molar refractivity (Wildman–Crippen MR) is 58.3 cm³/mol. The molecular formula is C10H13N3O3. The van der Waals surface area contributed by atoms with Gasteiger partial charge in [-0.05, 0) is 12.0 Å². The number of benzene rings is 1. The highest BCUT2D eigenvalue weighted by Crippen LogP contribution is 2.06. The van der Waals surface area contributed by atoms with Crippen LogP contribution in [0.15, 0.2) is 29.4 Å². The van der Waals surface area contributed by atoms with Gasteiger partial charge >= 0.3 is 5.97 Å². The monoisotopic (exact) mass is 223 g/mol. The molecule has 0 radical (unpaired) electrons. The van der Waals surface area contributed by atoms with Crippen LogP contribution < -0.4 is 11.5 Å². The largest absolute Gasteiger partial charge is 0.480 e. The maximum absolute atomic E-state index is 10.5. The molecule has 0 fully saturated rings. The van der Waals surface area contributed by atoms with E-state index in [0.29, 0.717) is 5.56 Å². The van der Waals surface area contributed by atoms with Crippen molar-refractivity contribution in [1.82, 2.24) is 0 Å². The van der Waals surface area contributed by atoms with E-state index in [-0.39, 0.29) is 12.3 Å². The number of hydrogen-bond acceptors (Lipinski definition) is 4. The molecule has 0 amide bonds. The number of hydrogen-bond donors (Lipinski definition) is 4. The minimum absolute atomic E-state index is 0.00841. The van der Waals surface area contributed by atoms with E-state index in [1.807, 2.05) is 0 Å². The maximum Gasteiger partial charge on any atom is 0.320 e. The van der Waals surface area contributed by atoms with E-state index in [1.54, 1.807) is 24.3 Å². The van der Waals surface area contributed by atoms with Gasteiger partial charge in [-0.2, -0.15) is 0 Å². The highest BCUT2D eigenvalue weighted by Gasteiger charge is 2.11. The summed E-state index contributed by atoms with van der Waals surface area (Å²) < 4.78 is 0. The van der Waals surface area contributed by atoms with Crippen molar-refractivity contribution in [3.63, 3.8) is 0 Å². The zero-order valence-electron chi connectivity index (χ0n) is 8.50. The van der Waals surface area contributed by atoms with E-state index in [1.165, 1.54) is 0 Å². The number of aliphatic carboxylic acids is 1. The van der Waals surface area contributed by atoms with Crippen molar-refractivity contribution in [1.29, 1.82) is 0 Å². The van der Waals surface area contributed by atoms with E-state index in [9.17, 15) is 4.79 Å². The Labute approximate surface area is 92.2 Å². The third-order valence-corrected chi connectivity index (χ3v) is 2.13. The lowest BCUT2D eigenvalue weighted by Crippen LogP contribution is -2.32. The zero-order chi connectivity index (χ0) is 12.1. The number of nitrogens with zero attached hydrogens (tertiary/aromatic N) is 1. The molecule has 1 atom stereocenters. The third kappa shape index (κ3) is 2.96. The highest BCUT2D eigenvalue weighted by molar-refractivity contribution is 5.96. The average Bonchev–Trinajstić information content (AvgIpc) is 2.28. The molecule has 0 aliphatic carbocycles. The summed E-state index contributed by atoms with van der Waals surface area (Å²) >= 11 is 0. The lowest BCUT2D eigenvalue weighted by Gasteiger charge is -2.06. The van der Waals surface area contributed by atoms with Gasteiger partial charge in [0.1, 0.15) is 6.04 Å². The molecule has 0 heterocycles. The summed E-state index contributed by atoms with van der Waals surface area (Å²) in [6.45, 7) is 0. The zero-order valence-corrected chi connectivity index (χ0v) is 8.50. The van der Waals surface area contributed by atoms with Gasteiger partial charge in [0.2, 0.25) is 0 Å². The lowest BCUT2D eigenvalue weighted by atomic mass is 10.0. The summed E-state index contributed by atoms with van der Waals surface area (Å²) in [5, 5.41) is 19.9. The molecule has 6 heteroatoms. The second-order valence-electron chi connectivity index (χ2n) is 3.33. The topological polar surface area (TPSA) is 122 Å². The summed E-state index contributed by atoms with van der Waals surface area (Å²) in [6.07, 6.45) is 0.242. The van der Waals surface area contributed by atoms with Gasteiger partial charge in [0, 0.05) is 5.56 Å². The SMILES string of the molecule is N/C(=N/O)c1ccc(CC(N)C(=O)O)cc1. The third-order valence-electron chi connectivity index (χ3n) is 2.13. The first-order valence-corrected chi connectivity index (χ1v) is 4.60. The van der Waals surface area contributed by atoms with Gasteiger partial charge in [0.05, 0.1) is 0 Å². The van der Waals surface area contributed by atoms with Crippen molar-refractivity contribution >= 4 is 11.8 Å². The summed E-state index contributed by atoms with van der Waals surface area (Å²) in [4.78, 5) is 10.5. The van der Waals surface area contributed by atoms with Crippen molar-refractivity contribution in [2.24, 2.45) is 16.6 Å². The molecule has 0 aliphatic heterocycles. The van der Waals surface area contributed by atoms with Gasteiger partial charge in [-0.1, -0.05) is 29.4 Å². The Morgan fingerprint density at radius 2 is 1.94 bits per heavy atom. The minimum atomic E-state index is -1.04. The summed E-state index contributed by atoms with van der Waals surface area (Å²) in [5.74, 6) is -1.03. The standard InChI is InChI=1S/C10H13N3O3/c11-8(10(14)15)5-6-1-3-7(4-2-6)9(12)13-16/h1-4,8,16H,5,11H2,(H2,12,13)(H,14,15). The minimum Gasteiger partial charge on any atom is -0.480 e. The molecule has 0 aliphatic rings. The molecule has 1 aromatic carbocycles. The van der Waals surface area contributed by atoms with E-state index in [0.717, 1.165) is 5.56 Å². The smallest absolute Gasteiger partial charge is 0.320 e. The van der Waals surface area contributed by atoms with Crippen LogP contribution in [0, 0.1) is 0 Å². The molecule has 1 aromatic rings. The molecule has 1 rings (SSSR count). The van der Waals surface area contributed by atoms with Crippen molar-refractivity contribution in [2.75, 3.05) is 0 Å². The first-order valence-electron chi connectivity index (χ1n) is 4.60. The van der Waals surface area contributed by atoms with Gasteiger partial charge in [0.15, 0.2) is 5.84 Å². The fourth-order valence-corrected chi connectivity index (χ4v) is 1.21. The Balaban J connectivity index is 2.76. The Bertz CT molecular complexity index is 400. The number of carbonyl (C=O) groups is 1. The van der Waals surface area contributed by atoms with Crippen LogP contribution in [-0.4, -0.2) is 28.2 Å². The summed E-state index contributed by atoms with van der Waals surface area (Å²) in [6, 6.07) is 5.74. The fourth-order valence-electron chi connectivity index (χ4n) is 1.21. The molecule has 86 valence electrons. The number of carboxylic acid groups (broad SMARTS) is 1. The number of rotatable bonds is 4. The van der Waals surface area contributed by atoms with Crippen molar-refractivity contribution in [3.8, 4) is 0 Å². The normalized spacial score (nSPS) is 13.4. The van der Waals surface area contributed by atoms with E-state index in [2.05, 4.69) is 5.16 Å². The van der Waals surface area contributed by atoms with Crippen LogP contribution in [0.3, 0.4) is 0 Å². The molecule has 16 heavy (non-hydrogen) atoms. The molecule has 0 saturated carbocycles. The van der Waals surface area contributed by atoms with Gasteiger partial charge < -0.3 is 21.8 Å². The first kappa shape index (κ1) is 12.0. The molecule has 1 unspecified atom stereocenters. The highest BCUT2D eigenvalue weighted by atomic mass is 16.4. The summed E-state index contributed by atoms with van der Waals surface area (Å²) in [7, 11) is 0. The molecule has 0 saturated heterocycles. The van der Waals surface area contributed by atoms with Gasteiger partial charge in [-0.15, -0.1) is 0 Å². The Hall–Kier alpha value is -2.08. The second kappa shape index (κ2) is 5.13. The van der Waals surface area contributed by atoms with Crippen LogP contribution in [-0.2, 0) is 11.2 Å². The molecule has 0 aromatic heterocycles. The Morgan fingerprint density at radius 3 is 2.38 bits per heavy atom. The quantitative estimate of drug-likeness (QED) is 0.242.